The second-order valence-corrected chi connectivity index (χ2v) is 1.32. The van der Waals surface area contributed by atoms with E-state index in [1.807, 2.05) is 12.8 Å². The van der Waals surface area contributed by atoms with Crippen molar-refractivity contribution >= 4 is 5.97 Å². The Morgan fingerprint density at radius 1 is 1.50 bits per heavy atom. The standard InChI is InChI=1S/C8H6O2/c1-2-3-4-5-6-7-8(9)10/h2-3H,1H3,(H,9,10)/b3-2-. The molecule has 0 spiro atoms. The average Bonchev–Trinajstić information content (AvgIpc) is 1.87. The molecule has 0 saturated heterocycles. The van der Waals surface area contributed by atoms with Crippen LogP contribution in [0, 0.1) is 23.7 Å². The topological polar surface area (TPSA) is 37.3 Å². The van der Waals surface area contributed by atoms with Crippen molar-refractivity contribution in [2.24, 2.45) is 0 Å². The van der Waals surface area contributed by atoms with E-state index in [1.54, 1.807) is 12.2 Å². The smallest absolute Gasteiger partial charge is 0.382 e. The molecule has 0 aromatic heterocycles. The molecule has 0 bridgehead atoms. The van der Waals surface area contributed by atoms with E-state index in [-0.39, 0.29) is 0 Å². The molecule has 0 aliphatic rings. The third-order valence-corrected chi connectivity index (χ3v) is 0.554. The summed E-state index contributed by atoms with van der Waals surface area (Å²) < 4.78 is 0. The molecule has 0 aromatic carbocycles. The first-order chi connectivity index (χ1) is 4.77. The van der Waals surface area contributed by atoms with E-state index in [2.05, 4.69) is 17.8 Å². The van der Waals surface area contributed by atoms with Crippen molar-refractivity contribution in [3.05, 3.63) is 12.2 Å². The summed E-state index contributed by atoms with van der Waals surface area (Å²) in [5.41, 5.74) is 0. The summed E-state index contributed by atoms with van der Waals surface area (Å²) in [6.45, 7) is 1.82. The lowest BCUT2D eigenvalue weighted by Gasteiger charge is -1.64. The molecule has 2 nitrogen and oxygen atoms in total. The van der Waals surface area contributed by atoms with Gasteiger partial charge in [-0.05, 0) is 24.8 Å². The fourth-order valence-corrected chi connectivity index (χ4v) is 0.246. The van der Waals surface area contributed by atoms with Gasteiger partial charge in [0, 0.05) is 5.92 Å². The van der Waals surface area contributed by atoms with Crippen LogP contribution in [-0.4, -0.2) is 11.1 Å². The number of aliphatic carboxylic acids is 1. The van der Waals surface area contributed by atoms with Gasteiger partial charge in [0.1, 0.15) is 0 Å². The molecule has 0 unspecified atom stereocenters. The maximum atomic E-state index is 9.77. The SMILES string of the molecule is C/C=C\C#CC#CC(=O)O. The van der Waals surface area contributed by atoms with Crippen molar-refractivity contribution < 1.29 is 9.90 Å². The maximum Gasteiger partial charge on any atom is 0.382 e. The highest BCUT2D eigenvalue weighted by molar-refractivity contribution is 5.87. The van der Waals surface area contributed by atoms with Gasteiger partial charge in [-0.1, -0.05) is 12.0 Å². The molecule has 0 amide bonds. The Bertz CT molecular complexity index is 252. The summed E-state index contributed by atoms with van der Waals surface area (Å²) >= 11 is 0. The summed E-state index contributed by atoms with van der Waals surface area (Å²) in [6, 6.07) is 0. The monoisotopic (exact) mass is 134 g/mol. The van der Waals surface area contributed by atoms with Crippen LogP contribution in [0.5, 0.6) is 0 Å². The molecular formula is C8H6O2. The lowest BCUT2D eigenvalue weighted by molar-refractivity contribution is -0.130. The Kier molecular flexibility index (Phi) is 4.55. The first-order valence-electron chi connectivity index (χ1n) is 2.63. The predicted octanol–water partition coefficient (Wildman–Crippen LogP) is 0.654. The van der Waals surface area contributed by atoms with E-state index in [4.69, 9.17) is 5.11 Å². The molecular weight excluding hydrogens is 128 g/mol. The number of allylic oxidation sites excluding steroid dienone is 2. The van der Waals surface area contributed by atoms with Crippen molar-refractivity contribution in [2.45, 2.75) is 6.92 Å². The molecule has 0 aliphatic heterocycles. The Morgan fingerprint density at radius 2 is 2.20 bits per heavy atom. The highest BCUT2D eigenvalue weighted by Gasteiger charge is 1.77. The number of carboxylic acid groups (broad SMARTS) is 1. The number of carbonyl (C=O) groups is 1. The summed E-state index contributed by atoms with van der Waals surface area (Å²) in [6.07, 6.45) is 3.34. The molecule has 0 rings (SSSR count). The van der Waals surface area contributed by atoms with Crippen LogP contribution in [0.4, 0.5) is 0 Å². The Balaban J connectivity index is 3.90. The Hall–Kier alpha value is -1.67. The molecule has 0 aromatic rings. The van der Waals surface area contributed by atoms with Gasteiger partial charge in [-0.2, -0.15) is 0 Å². The van der Waals surface area contributed by atoms with Gasteiger partial charge in [0.25, 0.3) is 0 Å². The molecule has 0 fully saturated rings. The summed E-state index contributed by atoms with van der Waals surface area (Å²) in [5, 5.41) is 8.01. The van der Waals surface area contributed by atoms with E-state index >= 15 is 0 Å². The van der Waals surface area contributed by atoms with Gasteiger partial charge in [0.2, 0.25) is 0 Å². The third-order valence-electron chi connectivity index (χ3n) is 0.554. The highest BCUT2D eigenvalue weighted by atomic mass is 16.4. The maximum absolute atomic E-state index is 9.77. The number of rotatable bonds is 0. The highest BCUT2D eigenvalue weighted by Crippen LogP contribution is 1.63. The van der Waals surface area contributed by atoms with E-state index in [0.717, 1.165) is 0 Å². The predicted molar refractivity (Wildman–Crippen MR) is 38.0 cm³/mol. The van der Waals surface area contributed by atoms with Gasteiger partial charge >= 0.3 is 5.97 Å². The van der Waals surface area contributed by atoms with Crippen molar-refractivity contribution in [1.29, 1.82) is 0 Å². The van der Waals surface area contributed by atoms with Gasteiger partial charge in [0.05, 0.1) is 0 Å². The quantitative estimate of drug-likeness (QED) is 0.494. The fourth-order valence-electron chi connectivity index (χ4n) is 0.246. The van der Waals surface area contributed by atoms with Crippen LogP contribution in [0.15, 0.2) is 12.2 Å². The lowest BCUT2D eigenvalue weighted by atomic mass is 10.5. The van der Waals surface area contributed by atoms with E-state index in [0.29, 0.717) is 0 Å². The van der Waals surface area contributed by atoms with Crippen molar-refractivity contribution in [3.8, 4) is 23.7 Å². The van der Waals surface area contributed by atoms with E-state index < -0.39 is 5.97 Å². The second-order valence-electron chi connectivity index (χ2n) is 1.32. The molecule has 10 heavy (non-hydrogen) atoms. The first-order valence-corrected chi connectivity index (χ1v) is 2.63. The number of hydrogen-bond acceptors (Lipinski definition) is 1. The van der Waals surface area contributed by atoms with Gasteiger partial charge in [-0.25, -0.2) is 4.79 Å². The summed E-state index contributed by atoms with van der Waals surface area (Å²) in [5.74, 6) is 7.73. The first kappa shape index (κ1) is 8.33. The van der Waals surface area contributed by atoms with Crippen LogP contribution in [-0.2, 0) is 4.79 Å². The van der Waals surface area contributed by atoms with Crippen LogP contribution in [0.25, 0.3) is 0 Å². The van der Waals surface area contributed by atoms with Crippen LogP contribution in [0.1, 0.15) is 6.92 Å². The summed E-state index contributed by atoms with van der Waals surface area (Å²) in [7, 11) is 0. The zero-order valence-corrected chi connectivity index (χ0v) is 5.51. The van der Waals surface area contributed by atoms with Crippen LogP contribution < -0.4 is 0 Å². The Labute approximate surface area is 59.6 Å². The lowest BCUT2D eigenvalue weighted by Crippen LogP contribution is -1.85. The second kappa shape index (κ2) is 5.47. The average molecular weight is 134 g/mol. The normalized spacial score (nSPS) is 7.30. The molecule has 0 atom stereocenters. The molecule has 1 N–H and O–H groups in total. The number of carboxylic acids is 1. The van der Waals surface area contributed by atoms with Crippen molar-refractivity contribution in [1.82, 2.24) is 0 Å². The Morgan fingerprint density at radius 3 is 2.70 bits per heavy atom. The van der Waals surface area contributed by atoms with E-state index in [9.17, 15) is 4.79 Å². The molecule has 0 aliphatic carbocycles. The van der Waals surface area contributed by atoms with Gasteiger partial charge in [-0.3, -0.25) is 0 Å². The fraction of sp³-hybridized carbons (Fsp3) is 0.125. The molecule has 0 heterocycles. The third kappa shape index (κ3) is 6.33. The largest absolute Gasteiger partial charge is 0.472 e. The number of hydrogen-bond donors (Lipinski definition) is 1. The van der Waals surface area contributed by atoms with Crippen LogP contribution in [0.3, 0.4) is 0 Å². The van der Waals surface area contributed by atoms with Gasteiger partial charge in [0.15, 0.2) is 0 Å². The van der Waals surface area contributed by atoms with Crippen LogP contribution in [0.2, 0.25) is 0 Å². The summed E-state index contributed by atoms with van der Waals surface area (Å²) in [4.78, 5) is 9.77. The minimum atomic E-state index is -1.16. The van der Waals surface area contributed by atoms with E-state index in [1.165, 1.54) is 0 Å². The molecule has 2 heteroatoms. The zero-order chi connectivity index (χ0) is 7.82. The van der Waals surface area contributed by atoms with Crippen molar-refractivity contribution in [3.63, 3.8) is 0 Å². The molecule has 0 radical (unpaired) electrons. The molecule has 50 valence electrons. The van der Waals surface area contributed by atoms with Gasteiger partial charge < -0.3 is 5.11 Å². The van der Waals surface area contributed by atoms with Gasteiger partial charge in [-0.15, -0.1) is 0 Å². The minimum Gasteiger partial charge on any atom is -0.472 e. The minimum absolute atomic E-state index is 1.16. The van der Waals surface area contributed by atoms with Crippen molar-refractivity contribution in [2.75, 3.05) is 0 Å². The zero-order valence-electron chi connectivity index (χ0n) is 5.51. The van der Waals surface area contributed by atoms with Crippen LogP contribution >= 0.6 is 0 Å². The molecule has 0 saturated carbocycles.